The zero-order valence-electron chi connectivity index (χ0n) is 20.8. The van der Waals surface area contributed by atoms with Crippen molar-refractivity contribution in [2.45, 2.75) is 24.7 Å². The highest BCUT2D eigenvalue weighted by molar-refractivity contribution is 7.92. The lowest BCUT2D eigenvalue weighted by Crippen LogP contribution is -2.26. The van der Waals surface area contributed by atoms with Crippen molar-refractivity contribution in [1.29, 1.82) is 0 Å². The largest absolute Gasteiger partial charge is 0.497 e. The molecule has 0 saturated heterocycles. The predicted octanol–water partition coefficient (Wildman–Crippen LogP) is 4.95. The van der Waals surface area contributed by atoms with E-state index in [1.54, 1.807) is 62.9 Å². The van der Waals surface area contributed by atoms with Crippen molar-refractivity contribution in [2.24, 2.45) is 0 Å². The van der Waals surface area contributed by atoms with E-state index >= 15 is 0 Å². The second-order valence-corrected chi connectivity index (χ2v) is 10.8. The Kier molecular flexibility index (Phi) is 6.62. The molecule has 0 atom stereocenters. The van der Waals surface area contributed by atoms with Crippen LogP contribution in [-0.4, -0.2) is 42.5 Å². The van der Waals surface area contributed by atoms with Crippen molar-refractivity contribution < 1.29 is 13.2 Å². The van der Waals surface area contributed by atoms with Gasteiger partial charge >= 0.3 is 0 Å². The molecular weight excluding hydrogens is 486 g/mol. The molecule has 3 aromatic heterocycles. The predicted molar refractivity (Wildman–Crippen MR) is 144 cm³/mol. The number of H-pyrrole nitrogens is 1. The molecule has 3 heterocycles. The van der Waals surface area contributed by atoms with Crippen molar-refractivity contribution in [3.63, 3.8) is 0 Å². The highest BCUT2D eigenvalue weighted by atomic mass is 32.2. The molecule has 1 N–H and O–H groups in total. The van der Waals surface area contributed by atoms with Gasteiger partial charge < -0.3 is 9.72 Å². The van der Waals surface area contributed by atoms with Crippen LogP contribution in [0.5, 0.6) is 5.75 Å². The normalized spacial score (nSPS) is 11.5. The fourth-order valence-electron chi connectivity index (χ4n) is 4.06. The Hall–Kier alpha value is -4.24. The minimum absolute atomic E-state index is 0.224. The zero-order chi connectivity index (χ0) is 26.0. The second-order valence-electron chi connectivity index (χ2n) is 8.79. The molecule has 0 fully saturated rings. The van der Waals surface area contributed by atoms with E-state index < -0.39 is 10.0 Å². The van der Waals surface area contributed by atoms with Gasteiger partial charge in [0.15, 0.2) is 5.65 Å². The molecule has 0 radical (unpaired) electrons. The van der Waals surface area contributed by atoms with Crippen LogP contribution in [0.2, 0.25) is 0 Å². The Morgan fingerprint density at radius 3 is 2.41 bits per heavy atom. The number of rotatable bonds is 8. The van der Waals surface area contributed by atoms with Crippen LogP contribution in [0.3, 0.4) is 0 Å². The molecule has 0 bridgehead atoms. The molecule has 5 rings (SSSR count). The van der Waals surface area contributed by atoms with E-state index in [1.807, 2.05) is 37.3 Å². The molecule has 0 amide bonds. The van der Waals surface area contributed by atoms with Crippen LogP contribution < -0.4 is 9.04 Å². The summed E-state index contributed by atoms with van der Waals surface area (Å²) in [7, 11) is -0.484. The van der Waals surface area contributed by atoms with Crippen molar-refractivity contribution in [2.75, 3.05) is 18.5 Å². The first-order valence-electron chi connectivity index (χ1n) is 11.8. The number of aromatic nitrogens is 4. The van der Waals surface area contributed by atoms with Crippen molar-refractivity contribution in [3.8, 4) is 16.9 Å². The summed E-state index contributed by atoms with van der Waals surface area (Å²) >= 11 is 0. The van der Waals surface area contributed by atoms with E-state index in [9.17, 15) is 8.42 Å². The SMILES string of the molecule is COc1ccnc(CCc2nc3cc(-c4ccc(S(=O)(=O)N(C)c5ccc(C)cc5)cc4)cnc3[nH]2)c1. The van der Waals surface area contributed by atoms with E-state index in [0.717, 1.165) is 45.9 Å². The van der Waals surface area contributed by atoms with Gasteiger partial charge in [0, 0.05) is 43.2 Å². The van der Waals surface area contributed by atoms with E-state index in [0.29, 0.717) is 17.8 Å². The van der Waals surface area contributed by atoms with E-state index in [1.165, 1.54) is 4.31 Å². The van der Waals surface area contributed by atoms with Gasteiger partial charge in [-0.25, -0.2) is 18.4 Å². The Morgan fingerprint density at radius 2 is 1.68 bits per heavy atom. The van der Waals surface area contributed by atoms with E-state index in [4.69, 9.17) is 9.72 Å². The van der Waals surface area contributed by atoms with Gasteiger partial charge in [0.05, 0.1) is 17.7 Å². The molecule has 188 valence electrons. The summed E-state index contributed by atoms with van der Waals surface area (Å²) in [4.78, 5) is 17.1. The maximum atomic E-state index is 13.1. The van der Waals surface area contributed by atoms with Gasteiger partial charge in [0.1, 0.15) is 17.1 Å². The Labute approximate surface area is 216 Å². The number of fused-ring (bicyclic) bond motifs is 1. The number of benzene rings is 2. The number of imidazole rings is 1. The standard InChI is InChI=1S/C28H27N5O3S/c1-19-4-9-23(10-5-19)33(2)37(34,35)25-11-6-20(7-12-25)21-16-26-28(30-18-21)32-27(31-26)13-8-22-17-24(36-3)14-15-29-22/h4-7,9-12,14-18H,8,13H2,1-3H3,(H,30,31,32). The van der Waals surface area contributed by atoms with E-state index in [-0.39, 0.29) is 4.90 Å². The minimum atomic E-state index is -3.68. The summed E-state index contributed by atoms with van der Waals surface area (Å²) in [6.45, 7) is 1.97. The van der Waals surface area contributed by atoms with Crippen LogP contribution in [0.4, 0.5) is 5.69 Å². The fraction of sp³-hybridized carbons (Fsp3) is 0.179. The van der Waals surface area contributed by atoms with Crippen LogP contribution in [0.15, 0.2) is 84.0 Å². The average molecular weight is 514 g/mol. The van der Waals surface area contributed by atoms with Gasteiger partial charge in [-0.3, -0.25) is 9.29 Å². The van der Waals surface area contributed by atoms with Gasteiger partial charge in [0.2, 0.25) is 0 Å². The molecule has 0 spiro atoms. The fourth-order valence-corrected chi connectivity index (χ4v) is 5.25. The number of hydrogen-bond acceptors (Lipinski definition) is 6. The summed E-state index contributed by atoms with van der Waals surface area (Å²) in [5, 5.41) is 0. The maximum absolute atomic E-state index is 13.1. The number of hydrogen-bond donors (Lipinski definition) is 1. The number of nitrogens with one attached hydrogen (secondary N) is 1. The molecule has 8 nitrogen and oxygen atoms in total. The molecule has 0 aliphatic rings. The molecule has 2 aromatic carbocycles. The molecule has 0 unspecified atom stereocenters. The van der Waals surface area contributed by atoms with Crippen molar-refractivity contribution in [3.05, 3.63) is 96.2 Å². The lowest BCUT2D eigenvalue weighted by atomic mass is 10.1. The number of aromatic amines is 1. The highest BCUT2D eigenvalue weighted by Gasteiger charge is 2.21. The Bertz CT molecular complexity index is 1650. The smallest absolute Gasteiger partial charge is 0.264 e. The molecular formula is C28H27N5O3S. The number of nitrogens with zero attached hydrogens (tertiary/aromatic N) is 4. The number of ether oxygens (including phenoxy) is 1. The molecule has 0 aliphatic carbocycles. The zero-order valence-corrected chi connectivity index (χ0v) is 21.7. The minimum Gasteiger partial charge on any atom is -0.497 e. The van der Waals surface area contributed by atoms with Crippen LogP contribution in [-0.2, 0) is 22.9 Å². The first-order valence-corrected chi connectivity index (χ1v) is 13.3. The summed E-state index contributed by atoms with van der Waals surface area (Å²) in [5.74, 6) is 1.60. The summed E-state index contributed by atoms with van der Waals surface area (Å²) in [5.41, 5.74) is 5.78. The average Bonchev–Trinajstić information content (AvgIpc) is 3.34. The highest BCUT2D eigenvalue weighted by Crippen LogP contribution is 2.26. The lowest BCUT2D eigenvalue weighted by Gasteiger charge is -2.20. The quantitative estimate of drug-likeness (QED) is 0.315. The third-order valence-corrected chi connectivity index (χ3v) is 8.07. The summed E-state index contributed by atoms with van der Waals surface area (Å²) in [6.07, 6.45) is 4.90. The first-order chi connectivity index (χ1) is 17.8. The number of methoxy groups -OCH3 is 1. The number of anilines is 1. The van der Waals surface area contributed by atoms with Crippen LogP contribution in [0, 0.1) is 6.92 Å². The van der Waals surface area contributed by atoms with Gasteiger partial charge in [-0.15, -0.1) is 0 Å². The van der Waals surface area contributed by atoms with Crippen molar-refractivity contribution in [1.82, 2.24) is 19.9 Å². The van der Waals surface area contributed by atoms with Crippen LogP contribution >= 0.6 is 0 Å². The topological polar surface area (TPSA) is 101 Å². The summed E-state index contributed by atoms with van der Waals surface area (Å²) in [6, 6.07) is 19.9. The maximum Gasteiger partial charge on any atom is 0.264 e. The molecule has 5 aromatic rings. The Morgan fingerprint density at radius 1 is 0.919 bits per heavy atom. The molecule has 0 saturated carbocycles. The van der Waals surface area contributed by atoms with Gasteiger partial charge in [-0.2, -0.15) is 0 Å². The van der Waals surface area contributed by atoms with Crippen LogP contribution in [0.1, 0.15) is 17.1 Å². The van der Waals surface area contributed by atoms with Crippen LogP contribution in [0.25, 0.3) is 22.3 Å². The number of pyridine rings is 2. The molecule has 9 heteroatoms. The third-order valence-electron chi connectivity index (χ3n) is 6.27. The number of sulfonamides is 1. The van der Waals surface area contributed by atoms with Crippen molar-refractivity contribution >= 4 is 26.9 Å². The number of aryl methyl sites for hydroxylation is 3. The van der Waals surface area contributed by atoms with E-state index in [2.05, 4.69) is 15.0 Å². The first kappa shape index (κ1) is 24.5. The molecule has 0 aliphatic heterocycles. The van der Waals surface area contributed by atoms with Gasteiger partial charge in [-0.05, 0) is 55.3 Å². The molecule has 37 heavy (non-hydrogen) atoms. The monoisotopic (exact) mass is 513 g/mol. The van der Waals surface area contributed by atoms with Gasteiger partial charge in [-0.1, -0.05) is 29.8 Å². The lowest BCUT2D eigenvalue weighted by molar-refractivity contribution is 0.413. The third kappa shape index (κ3) is 5.17. The van der Waals surface area contributed by atoms with Gasteiger partial charge in [0.25, 0.3) is 10.0 Å². The summed E-state index contributed by atoms with van der Waals surface area (Å²) < 4.78 is 32.8. The second kappa shape index (κ2) is 10.0. The Balaban J connectivity index is 1.33.